The summed E-state index contributed by atoms with van der Waals surface area (Å²) in [6, 6.07) is 4.51. The quantitative estimate of drug-likeness (QED) is 0.611. The Kier molecular flexibility index (Phi) is 6.09. The summed E-state index contributed by atoms with van der Waals surface area (Å²) < 4.78 is 42.6. The molecule has 0 saturated heterocycles. The normalized spacial score (nSPS) is 11.0. The van der Waals surface area contributed by atoms with Crippen LogP contribution in [-0.2, 0) is 22.4 Å². The lowest BCUT2D eigenvalue weighted by atomic mass is 9.97. The maximum atomic E-state index is 12.6. The van der Waals surface area contributed by atoms with Crippen LogP contribution < -0.4 is 0 Å². The molecule has 7 heteroatoms. The number of benzene rings is 1. The average molecular weight is 317 g/mol. The number of hydrogen-bond donors (Lipinski definition) is 0. The first-order valence-electron chi connectivity index (χ1n) is 6.28. The molecular weight excluding hydrogens is 303 g/mol. The molecule has 1 aromatic rings. The fourth-order valence-corrected chi connectivity index (χ4v) is 2.65. The van der Waals surface area contributed by atoms with Crippen LogP contribution in [0, 0.1) is 11.3 Å². The zero-order valence-electron chi connectivity index (χ0n) is 11.6. The third-order valence-corrected chi connectivity index (χ3v) is 3.55. The van der Waals surface area contributed by atoms with Gasteiger partial charge in [-0.15, -0.1) is 0 Å². The van der Waals surface area contributed by atoms with Crippen LogP contribution in [0.3, 0.4) is 0 Å². The lowest BCUT2D eigenvalue weighted by Crippen LogP contribution is -2.12. The van der Waals surface area contributed by atoms with E-state index in [1.165, 1.54) is 12.1 Å². The molecule has 0 aromatic heterocycles. The van der Waals surface area contributed by atoms with Gasteiger partial charge in [0.2, 0.25) is 0 Å². The molecule has 21 heavy (non-hydrogen) atoms. The van der Waals surface area contributed by atoms with Crippen LogP contribution in [0.1, 0.15) is 30.5 Å². The summed E-state index contributed by atoms with van der Waals surface area (Å²) in [5.74, 6) is -0.605. The highest BCUT2D eigenvalue weighted by Crippen LogP contribution is 2.40. The van der Waals surface area contributed by atoms with Gasteiger partial charge in [-0.2, -0.15) is 18.4 Å². The van der Waals surface area contributed by atoms with E-state index < -0.39 is 11.5 Å². The maximum absolute atomic E-state index is 12.6. The Morgan fingerprint density at radius 3 is 2.48 bits per heavy atom. The van der Waals surface area contributed by atoms with Crippen molar-refractivity contribution in [1.82, 2.24) is 0 Å². The Morgan fingerprint density at radius 2 is 2.00 bits per heavy atom. The van der Waals surface area contributed by atoms with Gasteiger partial charge in [-0.3, -0.25) is 4.79 Å². The van der Waals surface area contributed by atoms with Gasteiger partial charge in [-0.25, -0.2) is 0 Å². The fourth-order valence-electron chi connectivity index (χ4n) is 1.95. The molecule has 0 N–H and O–H groups in total. The summed E-state index contributed by atoms with van der Waals surface area (Å²) in [5, 5.41) is 9.04. The lowest BCUT2D eigenvalue weighted by Gasteiger charge is -2.15. The molecule has 0 aliphatic rings. The number of rotatable bonds is 5. The Bertz CT molecular complexity index is 565. The molecular formula is C14H14F3NO2S. The number of thioether (sulfide) groups is 1. The molecule has 0 spiro atoms. The molecule has 0 amide bonds. The van der Waals surface area contributed by atoms with E-state index in [0.29, 0.717) is 12.0 Å². The van der Waals surface area contributed by atoms with Crippen molar-refractivity contribution in [3.8, 4) is 6.07 Å². The Hall–Kier alpha value is -1.68. The van der Waals surface area contributed by atoms with Crippen LogP contribution in [0.15, 0.2) is 17.0 Å². The Labute approximate surface area is 125 Å². The average Bonchev–Trinajstić information content (AvgIpc) is 2.39. The predicted octanol–water partition coefficient (Wildman–Crippen LogP) is 3.84. The third-order valence-electron chi connectivity index (χ3n) is 2.71. The molecule has 0 bridgehead atoms. The van der Waals surface area contributed by atoms with Crippen LogP contribution in [0.2, 0.25) is 0 Å². The SMILES string of the molecule is CCOC(=O)Cc1c(SC(F)(F)F)ccc(C#N)c1CC. The maximum Gasteiger partial charge on any atom is 0.446 e. The number of hydrogen-bond acceptors (Lipinski definition) is 4. The van der Waals surface area contributed by atoms with E-state index in [0.717, 1.165) is 0 Å². The van der Waals surface area contributed by atoms with Gasteiger partial charge >= 0.3 is 11.5 Å². The number of carbonyl (C=O) groups excluding carboxylic acids is 1. The van der Waals surface area contributed by atoms with Crippen molar-refractivity contribution >= 4 is 17.7 Å². The number of nitrogens with zero attached hydrogens (tertiary/aromatic N) is 1. The smallest absolute Gasteiger partial charge is 0.446 e. The summed E-state index contributed by atoms with van der Waals surface area (Å²) in [5.41, 5.74) is -3.50. The van der Waals surface area contributed by atoms with E-state index in [9.17, 15) is 18.0 Å². The third kappa shape index (κ3) is 4.97. The zero-order valence-corrected chi connectivity index (χ0v) is 12.4. The highest BCUT2D eigenvalue weighted by Gasteiger charge is 2.31. The minimum absolute atomic E-state index is 0.0635. The number of ether oxygens (including phenoxy) is 1. The van der Waals surface area contributed by atoms with Crippen molar-refractivity contribution in [2.24, 2.45) is 0 Å². The van der Waals surface area contributed by atoms with Gasteiger partial charge in [0.15, 0.2) is 0 Å². The van der Waals surface area contributed by atoms with Crippen LogP contribution in [-0.4, -0.2) is 18.1 Å². The molecule has 0 saturated carbocycles. The van der Waals surface area contributed by atoms with Gasteiger partial charge in [0.25, 0.3) is 0 Å². The van der Waals surface area contributed by atoms with Crippen molar-refractivity contribution in [2.75, 3.05) is 6.61 Å². The molecule has 114 valence electrons. The number of esters is 1. The topological polar surface area (TPSA) is 50.1 Å². The first kappa shape index (κ1) is 17.4. The van der Waals surface area contributed by atoms with Gasteiger partial charge < -0.3 is 4.74 Å². The fraction of sp³-hybridized carbons (Fsp3) is 0.429. The molecule has 0 aliphatic heterocycles. The molecule has 0 radical (unpaired) electrons. The van der Waals surface area contributed by atoms with E-state index in [1.807, 2.05) is 6.07 Å². The molecule has 3 nitrogen and oxygen atoms in total. The van der Waals surface area contributed by atoms with E-state index in [4.69, 9.17) is 10.00 Å². The summed E-state index contributed by atoms with van der Waals surface area (Å²) in [4.78, 5) is 11.5. The molecule has 0 heterocycles. The van der Waals surface area contributed by atoms with Crippen LogP contribution in [0.25, 0.3) is 0 Å². The molecule has 1 rings (SSSR count). The first-order valence-corrected chi connectivity index (χ1v) is 7.10. The minimum atomic E-state index is -4.46. The largest absolute Gasteiger partial charge is 0.466 e. The second kappa shape index (κ2) is 7.36. The summed E-state index contributed by atoms with van der Waals surface area (Å²) in [6.45, 7) is 3.50. The number of alkyl halides is 3. The van der Waals surface area contributed by atoms with Gasteiger partial charge in [0.05, 0.1) is 24.7 Å². The summed E-state index contributed by atoms with van der Waals surface area (Å²) >= 11 is -0.281. The second-order valence-electron chi connectivity index (χ2n) is 4.06. The van der Waals surface area contributed by atoms with E-state index in [1.54, 1.807) is 13.8 Å². The second-order valence-corrected chi connectivity index (χ2v) is 5.17. The molecule has 0 fully saturated rings. The zero-order chi connectivity index (χ0) is 16.0. The monoisotopic (exact) mass is 317 g/mol. The van der Waals surface area contributed by atoms with Crippen LogP contribution >= 0.6 is 11.8 Å². The summed E-state index contributed by atoms with van der Waals surface area (Å²) in [6.07, 6.45) is 0.0921. The minimum Gasteiger partial charge on any atom is -0.466 e. The van der Waals surface area contributed by atoms with Gasteiger partial charge in [-0.1, -0.05) is 6.92 Å². The van der Waals surface area contributed by atoms with Gasteiger partial charge in [-0.05, 0) is 48.4 Å². The highest BCUT2D eigenvalue weighted by molar-refractivity contribution is 8.00. The first-order chi connectivity index (χ1) is 9.82. The van der Waals surface area contributed by atoms with Crippen molar-refractivity contribution in [1.29, 1.82) is 5.26 Å². The van der Waals surface area contributed by atoms with Crippen molar-refractivity contribution < 1.29 is 22.7 Å². The Morgan fingerprint density at radius 1 is 1.33 bits per heavy atom. The number of nitriles is 1. The molecule has 0 aliphatic carbocycles. The highest BCUT2D eigenvalue weighted by atomic mass is 32.2. The number of carbonyl (C=O) groups is 1. The molecule has 1 aromatic carbocycles. The molecule has 0 unspecified atom stereocenters. The number of halogens is 3. The van der Waals surface area contributed by atoms with Crippen molar-refractivity contribution in [3.05, 3.63) is 28.8 Å². The predicted molar refractivity (Wildman–Crippen MR) is 72.8 cm³/mol. The van der Waals surface area contributed by atoms with Gasteiger partial charge in [0, 0.05) is 4.90 Å². The van der Waals surface area contributed by atoms with Crippen molar-refractivity contribution in [2.45, 2.75) is 37.1 Å². The van der Waals surface area contributed by atoms with Crippen LogP contribution in [0.5, 0.6) is 0 Å². The van der Waals surface area contributed by atoms with E-state index in [2.05, 4.69) is 0 Å². The summed E-state index contributed by atoms with van der Waals surface area (Å²) in [7, 11) is 0. The Balaban J connectivity index is 3.30. The molecule has 0 atom stereocenters. The lowest BCUT2D eigenvalue weighted by molar-refractivity contribution is -0.142. The van der Waals surface area contributed by atoms with E-state index >= 15 is 0 Å². The standard InChI is InChI=1S/C14H14F3NO2S/c1-3-10-9(8-18)5-6-12(21-14(15,16)17)11(10)7-13(19)20-4-2/h5-6H,3-4,7H2,1-2H3. The van der Waals surface area contributed by atoms with Crippen molar-refractivity contribution in [3.63, 3.8) is 0 Å². The van der Waals surface area contributed by atoms with Crippen LogP contribution in [0.4, 0.5) is 13.2 Å². The van der Waals surface area contributed by atoms with E-state index in [-0.39, 0.29) is 40.8 Å². The van der Waals surface area contributed by atoms with Gasteiger partial charge in [0.1, 0.15) is 0 Å².